The van der Waals surface area contributed by atoms with Crippen LogP contribution in [0.4, 0.5) is 26.3 Å². The van der Waals surface area contributed by atoms with Gasteiger partial charge in [0.1, 0.15) is 36.0 Å². The minimum absolute atomic E-state index is 0.0150. The first-order chi connectivity index (χ1) is 26.4. The summed E-state index contributed by atoms with van der Waals surface area (Å²) < 4.78 is 112. The maximum atomic E-state index is 15.1. The number of alkyl halides is 6. The van der Waals surface area contributed by atoms with Crippen molar-refractivity contribution < 1.29 is 40.6 Å². The normalized spacial score (nSPS) is 22.1. The lowest BCUT2D eigenvalue weighted by molar-refractivity contribution is -0.137. The predicted molar refractivity (Wildman–Crippen MR) is 190 cm³/mol. The van der Waals surface area contributed by atoms with Gasteiger partial charge in [0.15, 0.2) is 11.9 Å². The highest BCUT2D eigenvalue weighted by molar-refractivity contribution is 6.14. The Morgan fingerprint density at radius 1 is 1.05 bits per heavy atom. The summed E-state index contributed by atoms with van der Waals surface area (Å²) in [5.74, 6) is -0.119. The van der Waals surface area contributed by atoms with E-state index >= 15 is 22.0 Å². The van der Waals surface area contributed by atoms with Crippen LogP contribution in [0.3, 0.4) is 0 Å². The zero-order valence-corrected chi connectivity index (χ0v) is 30.1. The molecule has 0 aliphatic carbocycles. The van der Waals surface area contributed by atoms with Crippen LogP contribution in [0.5, 0.6) is 11.9 Å². The van der Waals surface area contributed by atoms with Crippen molar-refractivity contribution in [2.75, 3.05) is 26.3 Å². The summed E-state index contributed by atoms with van der Waals surface area (Å²) in [4.78, 5) is 11.3. The van der Waals surface area contributed by atoms with Gasteiger partial charge in [-0.1, -0.05) is 30.3 Å². The van der Waals surface area contributed by atoms with E-state index in [0.29, 0.717) is 36.2 Å². The van der Waals surface area contributed by atoms with Crippen molar-refractivity contribution in [1.29, 1.82) is 0 Å². The van der Waals surface area contributed by atoms with Crippen molar-refractivity contribution in [2.45, 2.75) is 82.7 Å². The zero-order valence-electron chi connectivity index (χ0n) is 30.1. The van der Waals surface area contributed by atoms with E-state index in [0.717, 1.165) is 37.8 Å². The van der Waals surface area contributed by atoms with Gasteiger partial charge in [0.2, 0.25) is 5.88 Å². The van der Waals surface area contributed by atoms with Gasteiger partial charge < -0.3 is 18.8 Å². The zero-order chi connectivity index (χ0) is 38.2. The van der Waals surface area contributed by atoms with E-state index in [9.17, 15) is 4.39 Å². The molecule has 1 unspecified atom stereocenters. The van der Waals surface area contributed by atoms with Gasteiger partial charge in [-0.3, -0.25) is 4.90 Å². The molecule has 9 rings (SSSR count). The van der Waals surface area contributed by atoms with Crippen LogP contribution in [0.1, 0.15) is 68.0 Å². The lowest BCUT2D eigenvalue weighted by Crippen LogP contribution is -2.43. The number of aryl methyl sites for hydroxylation is 2. The molecular formula is C38H38F6N8O3. The van der Waals surface area contributed by atoms with Crippen molar-refractivity contribution in [3.8, 4) is 23.1 Å². The Balaban J connectivity index is 1.26. The number of nitrogens with zero attached hydrogens (tertiary/aromatic N) is 8. The van der Waals surface area contributed by atoms with Crippen LogP contribution in [-0.2, 0) is 24.6 Å². The van der Waals surface area contributed by atoms with E-state index < -0.39 is 41.8 Å². The fraction of sp³-hybridized carbons (Fsp3) is 0.474. The molecular weight excluding hydrogens is 730 g/mol. The summed E-state index contributed by atoms with van der Waals surface area (Å²) in [6, 6.07) is 10.4. The molecule has 0 radical (unpaired) electrons. The summed E-state index contributed by atoms with van der Waals surface area (Å²) in [7, 11) is 1.52. The minimum atomic E-state index is -4.89. The second-order valence-electron chi connectivity index (χ2n) is 14.8. The SMILES string of the molecule is Cc1cc2c(cnn2C2CCCCO2)c(-c2nn(C(F)F)c3c4c(OCc5ccccc5)nc(OC[C@@]56CCCN5C[C@H](F)C6)nc4n(C)c23)c1C(F)(F)F. The molecule has 2 aromatic carbocycles. The average Bonchev–Trinajstić information content (AvgIpc) is 3.96. The van der Waals surface area contributed by atoms with Crippen LogP contribution in [0.25, 0.3) is 44.2 Å². The third-order valence-electron chi connectivity index (χ3n) is 11.3. The van der Waals surface area contributed by atoms with Crippen LogP contribution < -0.4 is 9.47 Å². The van der Waals surface area contributed by atoms with Gasteiger partial charge in [-0.2, -0.15) is 42.1 Å². The molecule has 0 N–H and O–H groups in total. The average molecular weight is 769 g/mol. The molecule has 0 amide bonds. The minimum Gasteiger partial charge on any atom is -0.472 e. The molecule has 3 aliphatic heterocycles. The number of fused-ring (bicyclic) bond motifs is 5. The van der Waals surface area contributed by atoms with Crippen molar-refractivity contribution in [2.24, 2.45) is 7.05 Å². The third kappa shape index (κ3) is 5.97. The van der Waals surface area contributed by atoms with Gasteiger partial charge >= 0.3 is 18.7 Å². The number of halogens is 6. The molecule has 11 nitrogen and oxygen atoms in total. The Labute approximate surface area is 310 Å². The molecule has 0 saturated carbocycles. The quantitative estimate of drug-likeness (QED) is 0.136. The highest BCUT2D eigenvalue weighted by atomic mass is 19.4. The summed E-state index contributed by atoms with van der Waals surface area (Å²) in [6.07, 6.45) is -0.850. The molecule has 17 heteroatoms. The number of ether oxygens (including phenoxy) is 3. The van der Waals surface area contributed by atoms with Gasteiger partial charge in [-0.15, -0.1) is 0 Å². The monoisotopic (exact) mass is 768 g/mol. The molecule has 290 valence electrons. The van der Waals surface area contributed by atoms with E-state index in [1.807, 2.05) is 30.3 Å². The Hall–Kier alpha value is -4.90. The summed E-state index contributed by atoms with van der Waals surface area (Å²) in [5, 5.41) is 8.79. The first kappa shape index (κ1) is 35.8. The predicted octanol–water partition coefficient (Wildman–Crippen LogP) is 8.29. The van der Waals surface area contributed by atoms with Crippen molar-refractivity contribution in [3.05, 3.63) is 59.3 Å². The van der Waals surface area contributed by atoms with Crippen LogP contribution >= 0.6 is 0 Å². The number of aromatic nitrogens is 7. The number of rotatable bonds is 9. The molecule has 4 aromatic heterocycles. The molecule has 3 atom stereocenters. The van der Waals surface area contributed by atoms with Crippen LogP contribution in [-0.4, -0.2) is 77.0 Å². The first-order valence-electron chi connectivity index (χ1n) is 18.4. The Morgan fingerprint density at radius 3 is 2.62 bits per heavy atom. The van der Waals surface area contributed by atoms with Crippen LogP contribution in [0, 0.1) is 6.92 Å². The molecule has 0 bridgehead atoms. The molecule has 3 fully saturated rings. The lowest BCUT2D eigenvalue weighted by atomic mass is 9.94. The molecule has 6 aromatic rings. The third-order valence-corrected chi connectivity index (χ3v) is 11.3. The van der Waals surface area contributed by atoms with E-state index in [1.165, 1.54) is 30.8 Å². The standard InChI is InChI=1S/C38H38F6N8O3/c1-21-15-25-24(17-45-51(25)26-11-6-7-14-53-26)27(29(21)38(42,43)44)30-32-31(52(48-30)35(40)41)28-33(49(32)2)46-36(47-34(28)54-19-22-9-4-3-5-10-22)55-20-37-12-8-13-50(37)18-23(39)16-37/h3-5,9-10,15,17,23,26,35H,6-8,11-14,16,18-20H2,1-2H3/t23-,26?,37+/m1/s1. The molecule has 55 heavy (non-hydrogen) atoms. The Kier molecular flexibility index (Phi) is 8.71. The van der Waals surface area contributed by atoms with Crippen molar-refractivity contribution >= 4 is 33.0 Å². The maximum absolute atomic E-state index is 15.1. The highest BCUT2D eigenvalue weighted by Gasteiger charge is 2.49. The molecule has 3 saturated heterocycles. The van der Waals surface area contributed by atoms with Crippen molar-refractivity contribution in [1.82, 2.24) is 39.0 Å². The molecule has 0 spiro atoms. The van der Waals surface area contributed by atoms with E-state index in [2.05, 4.69) is 25.1 Å². The van der Waals surface area contributed by atoms with Gasteiger partial charge in [0, 0.05) is 37.6 Å². The van der Waals surface area contributed by atoms with Gasteiger partial charge in [-0.25, -0.2) is 13.8 Å². The van der Waals surface area contributed by atoms with Gasteiger partial charge in [0.05, 0.1) is 28.3 Å². The fourth-order valence-electron chi connectivity index (χ4n) is 8.87. The largest absolute Gasteiger partial charge is 0.472 e. The van der Waals surface area contributed by atoms with E-state index in [1.54, 1.807) is 4.68 Å². The van der Waals surface area contributed by atoms with E-state index in [-0.39, 0.29) is 63.8 Å². The second-order valence-corrected chi connectivity index (χ2v) is 14.8. The molecule has 7 heterocycles. The first-order valence-corrected chi connectivity index (χ1v) is 18.4. The number of hydrogen-bond donors (Lipinski definition) is 0. The van der Waals surface area contributed by atoms with Crippen LogP contribution in [0.2, 0.25) is 0 Å². The fourth-order valence-corrected chi connectivity index (χ4v) is 8.87. The summed E-state index contributed by atoms with van der Waals surface area (Å²) >= 11 is 0. The maximum Gasteiger partial charge on any atom is 0.417 e. The number of benzene rings is 2. The highest BCUT2D eigenvalue weighted by Crippen LogP contribution is 2.48. The topological polar surface area (TPSA) is 97.3 Å². The van der Waals surface area contributed by atoms with Crippen LogP contribution in [0.15, 0.2) is 42.6 Å². The summed E-state index contributed by atoms with van der Waals surface area (Å²) in [5.41, 5.74) is -1.47. The van der Waals surface area contributed by atoms with E-state index in [4.69, 9.17) is 14.2 Å². The molecule has 3 aliphatic rings. The summed E-state index contributed by atoms with van der Waals surface area (Å²) in [6.45, 7) is -0.339. The Morgan fingerprint density at radius 2 is 1.87 bits per heavy atom. The van der Waals surface area contributed by atoms with Gasteiger partial charge in [-0.05, 0) is 62.8 Å². The smallest absolute Gasteiger partial charge is 0.417 e. The van der Waals surface area contributed by atoms with Gasteiger partial charge in [0.25, 0.3) is 0 Å². The second kappa shape index (κ2) is 13.4. The lowest BCUT2D eigenvalue weighted by Gasteiger charge is -2.30. The van der Waals surface area contributed by atoms with Crippen molar-refractivity contribution in [3.63, 3.8) is 0 Å². The Bertz CT molecular complexity index is 2400. The number of hydrogen-bond acceptors (Lipinski definition) is 8.